The Bertz CT molecular complexity index is 933. The first-order valence-corrected chi connectivity index (χ1v) is 8.65. The molecule has 7 nitrogen and oxygen atoms in total. The van der Waals surface area contributed by atoms with E-state index in [4.69, 9.17) is 27.9 Å². The van der Waals surface area contributed by atoms with E-state index in [1.165, 1.54) is 6.33 Å². The molecule has 3 N–H and O–H groups in total. The van der Waals surface area contributed by atoms with E-state index in [1.807, 2.05) is 0 Å². The number of aromatic nitrogens is 3. The number of hydrogen-bond acceptors (Lipinski definition) is 6. The Labute approximate surface area is 158 Å². The number of fused-ring (bicyclic) bond motifs is 1. The predicted octanol–water partition coefficient (Wildman–Crippen LogP) is 2.09. The number of aliphatic hydroxyl groups excluding tert-OH is 3. The van der Waals surface area contributed by atoms with Gasteiger partial charge in [0, 0.05) is 11.2 Å². The molecule has 1 aliphatic heterocycles. The second kappa shape index (κ2) is 6.77. The molecule has 0 bridgehead atoms. The molecule has 1 unspecified atom stereocenters. The van der Waals surface area contributed by atoms with Gasteiger partial charge in [-0.25, -0.2) is 9.97 Å². The molecule has 4 rings (SSSR count). The molecule has 1 aliphatic rings. The van der Waals surface area contributed by atoms with Gasteiger partial charge in [0.05, 0.1) is 5.39 Å². The number of nitrogens with zero attached hydrogens (tertiary/aromatic N) is 3. The molecule has 3 aromatic rings. The van der Waals surface area contributed by atoms with Crippen LogP contribution in [0, 0.1) is 0 Å². The molecule has 0 spiro atoms. The van der Waals surface area contributed by atoms with Crippen LogP contribution in [0.2, 0.25) is 10.2 Å². The third-order valence-electron chi connectivity index (χ3n) is 4.53. The summed E-state index contributed by atoms with van der Waals surface area (Å²) < 4.78 is 7.36. The van der Waals surface area contributed by atoms with Crippen LogP contribution in [0.1, 0.15) is 17.9 Å². The first-order chi connectivity index (χ1) is 12.5. The molecule has 5 atom stereocenters. The predicted molar refractivity (Wildman–Crippen MR) is 94.9 cm³/mol. The fourth-order valence-electron chi connectivity index (χ4n) is 3.17. The highest BCUT2D eigenvalue weighted by atomic mass is 35.5. The van der Waals surface area contributed by atoms with Crippen LogP contribution in [0.4, 0.5) is 0 Å². The average Bonchev–Trinajstić information content (AvgIpc) is 3.18. The van der Waals surface area contributed by atoms with Gasteiger partial charge in [-0.05, 0) is 23.8 Å². The second-order valence-corrected chi connectivity index (χ2v) is 6.89. The zero-order valence-corrected chi connectivity index (χ0v) is 14.8. The Balaban J connectivity index is 1.65. The summed E-state index contributed by atoms with van der Waals surface area (Å²) in [4.78, 5) is 8.07. The van der Waals surface area contributed by atoms with E-state index in [2.05, 4.69) is 9.97 Å². The van der Waals surface area contributed by atoms with Crippen LogP contribution in [-0.4, -0.2) is 48.2 Å². The normalized spacial score (nSPS) is 27.1. The van der Waals surface area contributed by atoms with Crippen molar-refractivity contribution in [1.82, 2.24) is 14.5 Å². The SMILES string of the molecule is OC(c1ccc(Cl)cc1)[C@H]1O[C@@H](n2ccc3c(Cl)ncnc32)[C@H](O)[C@@H]1O. The molecule has 0 amide bonds. The number of rotatable bonds is 3. The molecule has 9 heteroatoms. The average molecular weight is 396 g/mol. The van der Waals surface area contributed by atoms with Crippen LogP contribution in [0.3, 0.4) is 0 Å². The van der Waals surface area contributed by atoms with E-state index in [9.17, 15) is 15.3 Å². The highest BCUT2D eigenvalue weighted by Gasteiger charge is 2.47. The highest BCUT2D eigenvalue weighted by Crippen LogP contribution is 2.38. The Morgan fingerprint density at radius 1 is 1.04 bits per heavy atom. The van der Waals surface area contributed by atoms with Gasteiger partial charge in [0.15, 0.2) is 6.23 Å². The van der Waals surface area contributed by atoms with E-state index in [0.717, 1.165) is 0 Å². The summed E-state index contributed by atoms with van der Waals surface area (Å²) in [7, 11) is 0. The monoisotopic (exact) mass is 395 g/mol. The van der Waals surface area contributed by atoms with Crippen molar-refractivity contribution in [2.75, 3.05) is 0 Å². The molecule has 1 saturated heterocycles. The number of ether oxygens (including phenoxy) is 1. The lowest BCUT2D eigenvalue weighted by atomic mass is 9.99. The van der Waals surface area contributed by atoms with Crippen molar-refractivity contribution in [1.29, 1.82) is 0 Å². The van der Waals surface area contributed by atoms with E-state index in [-0.39, 0.29) is 5.15 Å². The van der Waals surface area contributed by atoms with Crippen molar-refractivity contribution in [2.45, 2.75) is 30.6 Å². The minimum absolute atomic E-state index is 0.277. The van der Waals surface area contributed by atoms with Gasteiger partial charge in [0.25, 0.3) is 0 Å². The summed E-state index contributed by atoms with van der Waals surface area (Å²) in [6.07, 6.45) is -2.69. The lowest BCUT2D eigenvalue weighted by Gasteiger charge is -2.21. The fraction of sp³-hybridized carbons (Fsp3) is 0.294. The smallest absolute Gasteiger partial charge is 0.164 e. The van der Waals surface area contributed by atoms with Gasteiger partial charge in [-0.1, -0.05) is 35.3 Å². The zero-order chi connectivity index (χ0) is 18.4. The Morgan fingerprint density at radius 3 is 2.50 bits per heavy atom. The van der Waals surface area contributed by atoms with Crippen molar-refractivity contribution in [3.8, 4) is 0 Å². The maximum Gasteiger partial charge on any atom is 0.164 e. The molecule has 26 heavy (non-hydrogen) atoms. The van der Waals surface area contributed by atoms with Crippen molar-refractivity contribution >= 4 is 34.2 Å². The van der Waals surface area contributed by atoms with Crippen molar-refractivity contribution in [3.05, 3.63) is 58.6 Å². The van der Waals surface area contributed by atoms with E-state index < -0.39 is 30.6 Å². The number of halogens is 2. The molecule has 1 aromatic carbocycles. The van der Waals surface area contributed by atoms with E-state index in [1.54, 1.807) is 41.1 Å². The fourth-order valence-corrected chi connectivity index (χ4v) is 3.49. The van der Waals surface area contributed by atoms with Crippen molar-refractivity contribution in [3.63, 3.8) is 0 Å². The van der Waals surface area contributed by atoms with Gasteiger partial charge >= 0.3 is 0 Å². The first-order valence-electron chi connectivity index (χ1n) is 7.89. The van der Waals surface area contributed by atoms with Gasteiger partial charge in [-0.3, -0.25) is 0 Å². The summed E-state index contributed by atoms with van der Waals surface area (Å²) >= 11 is 11.9. The molecule has 0 radical (unpaired) electrons. The molecule has 2 aromatic heterocycles. The number of hydrogen-bond donors (Lipinski definition) is 3. The molecule has 3 heterocycles. The van der Waals surface area contributed by atoms with Crippen LogP contribution in [-0.2, 0) is 4.74 Å². The summed E-state index contributed by atoms with van der Waals surface area (Å²) in [5.41, 5.74) is 0.983. The van der Waals surface area contributed by atoms with Gasteiger partial charge in [-0.2, -0.15) is 0 Å². The lowest BCUT2D eigenvalue weighted by molar-refractivity contribution is -0.0848. The maximum atomic E-state index is 10.6. The Morgan fingerprint density at radius 2 is 1.77 bits per heavy atom. The van der Waals surface area contributed by atoms with Crippen LogP contribution in [0.15, 0.2) is 42.9 Å². The second-order valence-electron chi connectivity index (χ2n) is 6.09. The number of benzene rings is 1. The number of aliphatic hydroxyl groups is 3. The Kier molecular flexibility index (Phi) is 4.60. The Hall–Kier alpha value is -1.74. The van der Waals surface area contributed by atoms with Crippen LogP contribution < -0.4 is 0 Å². The summed E-state index contributed by atoms with van der Waals surface area (Å²) in [6, 6.07) is 8.24. The topological polar surface area (TPSA) is 101 Å². The minimum atomic E-state index is -1.29. The quantitative estimate of drug-likeness (QED) is 0.587. The lowest BCUT2D eigenvalue weighted by Crippen LogP contribution is -2.34. The highest BCUT2D eigenvalue weighted by molar-refractivity contribution is 6.33. The van der Waals surface area contributed by atoms with Gasteiger partial charge < -0.3 is 24.6 Å². The van der Waals surface area contributed by atoms with Crippen molar-refractivity contribution < 1.29 is 20.1 Å². The van der Waals surface area contributed by atoms with Crippen LogP contribution >= 0.6 is 23.2 Å². The molecular weight excluding hydrogens is 381 g/mol. The standard InChI is InChI=1S/C17H15Cl2N3O4/c18-9-3-1-8(2-4-9)11(23)14-12(24)13(25)17(26-14)22-6-5-10-15(19)20-7-21-16(10)22/h1-7,11-14,17,23-25H/t11?,12-,13+,14+,17+/m0/s1. The third-order valence-corrected chi connectivity index (χ3v) is 5.09. The van der Waals surface area contributed by atoms with Gasteiger partial charge in [0.1, 0.15) is 41.5 Å². The van der Waals surface area contributed by atoms with Gasteiger partial charge in [-0.15, -0.1) is 0 Å². The van der Waals surface area contributed by atoms with Gasteiger partial charge in [0.2, 0.25) is 0 Å². The third kappa shape index (κ3) is 2.87. The van der Waals surface area contributed by atoms with Crippen LogP contribution in [0.25, 0.3) is 11.0 Å². The summed E-state index contributed by atoms with van der Waals surface area (Å²) in [5.74, 6) is 0. The molecular formula is C17H15Cl2N3O4. The summed E-state index contributed by atoms with van der Waals surface area (Å²) in [6.45, 7) is 0. The first kappa shape index (κ1) is 17.7. The summed E-state index contributed by atoms with van der Waals surface area (Å²) in [5, 5.41) is 32.9. The largest absolute Gasteiger partial charge is 0.387 e. The molecule has 0 aliphatic carbocycles. The van der Waals surface area contributed by atoms with E-state index in [0.29, 0.717) is 21.6 Å². The molecule has 0 saturated carbocycles. The molecule has 136 valence electrons. The van der Waals surface area contributed by atoms with E-state index >= 15 is 0 Å². The minimum Gasteiger partial charge on any atom is -0.387 e. The maximum absolute atomic E-state index is 10.6. The van der Waals surface area contributed by atoms with Crippen molar-refractivity contribution in [2.24, 2.45) is 0 Å². The van der Waals surface area contributed by atoms with Crippen LogP contribution in [0.5, 0.6) is 0 Å². The molecule has 1 fully saturated rings. The zero-order valence-electron chi connectivity index (χ0n) is 13.3.